The molecule has 9 heteroatoms. The average molecular weight is 464 g/mol. The van der Waals surface area contributed by atoms with Gasteiger partial charge in [0.15, 0.2) is 0 Å². The van der Waals surface area contributed by atoms with Gasteiger partial charge in [-0.2, -0.15) is 0 Å². The van der Waals surface area contributed by atoms with Crippen molar-refractivity contribution in [1.29, 1.82) is 0 Å². The maximum absolute atomic E-state index is 15.3. The van der Waals surface area contributed by atoms with E-state index in [-0.39, 0.29) is 12.0 Å². The van der Waals surface area contributed by atoms with E-state index in [0.717, 1.165) is 31.2 Å². The number of aromatic amines is 1. The molecule has 4 nitrogen and oxygen atoms in total. The number of hydrogen-bond donors (Lipinski definition) is 2. The van der Waals surface area contributed by atoms with Crippen molar-refractivity contribution in [2.24, 2.45) is 0 Å². The molecule has 2 heterocycles. The van der Waals surface area contributed by atoms with Gasteiger partial charge in [-0.3, -0.25) is 4.90 Å². The predicted molar refractivity (Wildman–Crippen MR) is 114 cm³/mol. The van der Waals surface area contributed by atoms with E-state index >= 15 is 8.78 Å². The standard InChI is InChI=1S/C24H21F5N2O2/c1-12-7-16-15-10-14(25)4-5-19(15)30-22(16)23(31(12)11-24(2,28)29)21-17(26)8-13(9-18(21)27)3-6-20(32)33/h3-6,8-10,12,23,30H,7,11H2,1-2H3,(H,32,33)/b6-3+. The van der Waals surface area contributed by atoms with Gasteiger partial charge in [-0.25, -0.2) is 26.7 Å². The second kappa shape index (κ2) is 8.30. The molecule has 174 valence electrons. The Morgan fingerprint density at radius 1 is 1.21 bits per heavy atom. The number of nitrogens with zero attached hydrogens (tertiary/aromatic N) is 1. The van der Waals surface area contributed by atoms with E-state index in [4.69, 9.17) is 5.11 Å². The third-order valence-electron chi connectivity index (χ3n) is 5.83. The molecule has 0 fully saturated rings. The first-order valence-corrected chi connectivity index (χ1v) is 10.3. The maximum Gasteiger partial charge on any atom is 0.328 e. The van der Waals surface area contributed by atoms with E-state index in [1.54, 1.807) is 6.92 Å². The van der Waals surface area contributed by atoms with E-state index in [9.17, 15) is 18.0 Å². The second-order valence-electron chi connectivity index (χ2n) is 8.48. The topological polar surface area (TPSA) is 56.3 Å². The minimum Gasteiger partial charge on any atom is -0.478 e. The predicted octanol–water partition coefficient (Wildman–Crippen LogP) is 5.67. The van der Waals surface area contributed by atoms with Crippen LogP contribution in [0.15, 0.2) is 36.4 Å². The minimum atomic E-state index is -3.14. The lowest BCUT2D eigenvalue weighted by Gasteiger charge is -2.42. The molecule has 2 atom stereocenters. The number of carboxylic acids is 1. The summed E-state index contributed by atoms with van der Waals surface area (Å²) in [6, 6.07) is 4.22. The maximum atomic E-state index is 15.3. The minimum absolute atomic E-state index is 0.0219. The number of aromatic nitrogens is 1. The van der Waals surface area contributed by atoms with E-state index in [0.29, 0.717) is 22.2 Å². The van der Waals surface area contributed by atoms with Crippen LogP contribution < -0.4 is 0 Å². The molecular weight excluding hydrogens is 443 g/mol. The van der Waals surface area contributed by atoms with Gasteiger partial charge in [0.05, 0.1) is 12.6 Å². The summed E-state index contributed by atoms with van der Waals surface area (Å²) in [7, 11) is 0. The number of aliphatic carboxylic acids is 1. The lowest BCUT2D eigenvalue weighted by Crippen LogP contribution is -2.47. The van der Waals surface area contributed by atoms with E-state index < -0.39 is 53.5 Å². The number of nitrogens with one attached hydrogen (secondary N) is 1. The number of fused-ring (bicyclic) bond motifs is 3. The summed E-state index contributed by atoms with van der Waals surface area (Å²) in [6.45, 7) is 1.67. The molecule has 33 heavy (non-hydrogen) atoms. The smallest absolute Gasteiger partial charge is 0.328 e. The zero-order chi connectivity index (χ0) is 24.1. The SMILES string of the molecule is CC1Cc2c([nH]c3ccc(F)cc23)C(c2c(F)cc(/C=C/C(=O)O)cc2F)N1CC(C)(F)F. The Labute approximate surface area is 186 Å². The monoisotopic (exact) mass is 464 g/mol. The average Bonchev–Trinajstić information content (AvgIpc) is 3.04. The van der Waals surface area contributed by atoms with Crippen LogP contribution in [-0.2, 0) is 11.2 Å². The van der Waals surface area contributed by atoms with Gasteiger partial charge in [0.2, 0.25) is 0 Å². The van der Waals surface area contributed by atoms with Gasteiger partial charge in [-0.15, -0.1) is 0 Å². The highest BCUT2D eigenvalue weighted by atomic mass is 19.3. The molecule has 0 saturated heterocycles. The highest BCUT2D eigenvalue weighted by Crippen LogP contribution is 2.43. The van der Waals surface area contributed by atoms with Gasteiger partial charge in [0, 0.05) is 41.2 Å². The number of carboxylic acid groups (broad SMARTS) is 1. The van der Waals surface area contributed by atoms with Gasteiger partial charge in [-0.1, -0.05) is 0 Å². The van der Waals surface area contributed by atoms with Crippen LogP contribution in [0.3, 0.4) is 0 Å². The molecule has 2 aromatic carbocycles. The first kappa shape index (κ1) is 23.0. The third kappa shape index (κ3) is 4.50. The van der Waals surface area contributed by atoms with Crippen molar-refractivity contribution in [2.45, 2.75) is 38.3 Å². The summed E-state index contributed by atoms with van der Waals surface area (Å²) < 4.78 is 72.6. The van der Waals surface area contributed by atoms with Crippen LogP contribution in [0.5, 0.6) is 0 Å². The number of H-pyrrole nitrogens is 1. The molecule has 2 unspecified atom stereocenters. The molecular formula is C24H21F5N2O2. The molecule has 3 aromatic rings. The Kier molecular flexibility index (Phi) is 5.78. The lowest BCUT2D eigenvalue weighted by atomic mass is 9.87. The van der Waals surface area contributed by atoms with Crippen LogP contribution in [-0.4, -0.2) is 39.5 Å². The zero-order valence-electron chi connectivity index (χ0n) is 17.8. The largest absolute Gasteiger partial charge is 0.478 e. The highest BCUT2D eigenvalue weighted by molar-refractivity contribution is 5.86. The Morgan fingerprint density at radius 2 is 1.88 bits per heavy atom. The van der Waals surface area contributed by atoms with Crippen molar-refractivity contribution in [1.82, 2.24) is 9.88 Å². The van der Waals surface area contributed by atoms with Crippen LogP contribution in [0.1, 0.15) is 42.3 Å². The highest BCUT2D eigenvalue weighted by Gasteiger charge is 2.42. The summed E-state index contributed by atoms with van der Waals surface area (Å²) in [5.74, 6) is -6.91. The fourth-order valence-corrected chi connectivity index (χ4v) is 4.53. The number of hydrogen-bond acceptors (Lipinski definition) is 2. The van der Waals surface area contributed by atoms with Crippen LogP contribution in [0.2, 0.25) is 0 Å². The first-order chi connectivity index (χ1) is 15.4. The Morgan fingerprint density at radius 3 is 2.48 bits per heavy atom. The number of benzene rings is 2. The van der Waals surface area contributed by atoms with Crippen LogP contribution >= 0.6 is 0 Å². The zero-order valence-corrected chi connectivity index (χ0v) is 17.8. The molecule has 0 amide bonds. The molecule has 1 aliphatic heterocycles. The van der Waals surface area contributed by atoms with Gasteiger partial charge in [0.25, 0.3) is 5.92 Å². The van der Waals surface area contributed by atoms with Crippen molar-refractivity contribution in [3.63, 3.8) is 0 Å². The van der Waals surface area contributed by atoms with Gasteiger partial charge < -0.3 is 10.1 Å². The van der Waals surface area contributed by atoms with E-state index in [2.05, 4.69) is 4.98 Å². The van der Waals surface area contributed by atoms with Crippen LogP contribution in [0.4, 0.5) is 22.0 Å². The molecule has 1 aromatic heterocycles. The Hall–Kier alpha value is -3.20. The number of alkyl halides is 2. The van der Waals surface area contributed by atoms with Gasteiger partial charge in [0.1, 0.15) is 17.5 Å². The lowest BCUT2D eigenvalue weighted by molar-refractivity contribution is -0.131. The molecule has 2 N–H and O–H groups in total. The molecule has 0 aliphatic carbocycles. The molecule has 0 radical (unpaired) electrons. The van der Waals surface area contributed by atoms with Crippen LogP contribution in [0, 0.1) is 17.5 Å². The van der Waals surface area contributed by atoms with Crippen molar-refractivity contribution in [3.8, 4) is 0 Å². The number of halogens is 5. The summed E-state index contributed by atoms with van der Waals surface area (Å²) in [6.07, 6.45) is 2.07. The third-order valence-corrected chi connectivity index (χ3v) is 5.83. The molecule has 1 aliphatic rings. The van der Waals surface area contributed by atoms with Crippen LogP contribution in [0.25, 0.3) is 17.0 Å². The second-order valence-corrected chi connectivity index (χ2v) is 8.48. The van der Waals surface area contributed by atoms with Crippen molar-refractivity contribution >= 4 is 22.9 Å². The fourth-order valence-electron chi connectivity index (χ4n) is 4.53. The molecule has 0 bridgehead atoms. The van der Waals surface area contributed by atoms with E-state index in [1.807, 2.05) is 0 Å². The molecule has 4 rings (SSSR count). The van der Waals surface area contributed by atoms with Crippen molar-refractivity contribution in [2.75, 3.05) is 6.54 Å². The summed E-state index contributed by atoms with van der Waals surface area (Å²) in [5, 5.41) is 9.29. The Balaban J connectivity index is 1.93. The Bertz CT molecular complexity index is 1240. The number of rotatable bonds is 5. The summed E-state index contributed by atoms with van der Waals surface area (Å²) >= 11 is 0. The molecule has 0 saturated carbocycles. The summed E-state index contributed by atoms with van der Waals surface area (Å²) in [4.78, 5) is 15.1. The van der Waals surface area contributed by atoms with Crippen molar-refractivity contribution < 1.29 is 31.9 Å². The fraction of sp³-hybridized carbons (Fsp3) is 0.292. The van der Waals surface area contributed by atoms with Crippen molar-refractivity contribution in [3.05, 3.63) is 76.2 Å². The van der Waals surface area contributed by atoms with Gasteiger partial charge in [-0.05, 0) is 60.9 Å². The van der Waals surface area contributed by atoms with E-state index in [1.165, 1.54) is 23.1 Å². The van der Waals surface area contributed by atoms with Gasteiger partial charge >= 0.3 is 5.97 Å². The first-order valence-electron chi connectivity index (χ1n) is 10.3. The number of carbonyl (C=O) groups is 1. The normalized spacial score (nSPS) is 19.4. The quantitative estimate of drug-likeness (QED) is 0.378. The molecule has 0 spiro atoms. The summed E-state index contributed by atoms with van der Waals surface area (Å²) in [5.41, 5.74) is 1.01.